The minimum Gasteiger partial charge on any atom is -0.368 e. The standard InChI is InChI=1S/C17H17N5/c1-11-10-12(2)22-17(14(11)16-18-8-9-19-16)20-15(21-22)13-6-4-3-5-7-13/h3-7,10H,8-9H2,1-2H3,(H,18,19). The van der Waals surface area contributed by atoms with Gasteiger partial charge in [0.15, 0.2) is 11.5 Å². The highest BCUT2D eigenvalue weighted by atomic mass is 15.3. The molecular formula is C17H17N5. The maximum Gasteiger partial charge on any atom is 0.182 e. The van der Waals surface area contributed by atoms with E-state index in [4.69, 9.17) is 4.98 Å². The second-order valence-corrected chi connectivity index (χ2v) is 5.54. The number of fused-ring (bicyclic) bond motifs is 1. The van der Waals surface area contributed by atoms with Gasteiger partial charge in [0.25, 0.3) is 0 Å². The van der Waals surface area contributed by atoms with E-state index in [0.717, 1.165) is 47.2 Å². The molecule has 0 saturated carbocycles. The fourth-order valence-electron chi connectivity index (χ4n) is 2.91. The zero-order chi connectivity index (χ0) is 15.1. The van der Waals surface area contributed by atoms with Gasteiger partial charge in [0.05, 0.1) is 12.1 Å². The molecular weight excluding hydrogens is 274 g/mol. The first-order valence-corrected chi connectivity index (χ1v) is 7.45. The van der Waals surface area contributed by atoms with Crippen molar-refractivity contribution in [2.75, 3.05) is 13.1 Å². The van der Waals surface area contributed by atoms with Crippen LogP contribution < -0.4 is 5.32 Å². The van der Waals surface area contributed by atoms with Gasteiger partial charge in [0, 0.05) is 17.8 Å². The number of aryl methyl sites for hydroxylation is 2. The topological polar surface area (TPSA) is 54.6 Å². The lowest BCUT2D eigenvalue weighted by Crippen LogP contribution is -2.21. The van der Waals surface area contributed by atoms with Crippen molar-refractivity contribution in [2.24, 2.45) is 4.99 Å². The highest BCUT2D eigenvalue weighted by Crippen LogP contribution is 2.22. The van der Waals surface area contributed by atoms with Crippen LogP contribution in [0.2, 0.25) is 0 Å². The Hall–Kier alpha value is -2.69. The fraction of sp³-hybridized carbons (Fsp3) is 0.235. The van der Waals surface area contributed by atoms with Crippen LogP contribution in [0.1, 0.15) is 16.8 Å². The summed E-state index contributed by atoms with van der Waals surface area (Å²) in [4.78, 5) is 9.33. The molecule has 1 N–H and O–H groups in total. The smallest absolute Gasteiger partial charge is 0.182 e. The summed E-state index contributed by atoms with van der Waals surface area (Å²) >= 11 is 0. The number of pyridine rings is 1. The molecule has 0 spiro atoms. The minimum atomic E-state index is 0.745. The van der Waals surface area contributed by atoms with Crippen LogP contribution in [0.15, 0.2) is 41.4 Å². The Morgan fingerprint density at radius 3 is 2.68 bits per heavy atom. The number of benzene rings is 1. The Morgan fingerprint density at radius 2 is 1.95 bits per heavy atom. The van der Waals surface area contributed by atoms with Crippen molar-refractivity contribution in [3.63, 3.8) is 0 Å². The van der Waals surface area contributed by atoms with Gasteiger partial charge < -0.3 is 5.32 Å². The maximum absolute atomic E-state index is 4.78. The highest BCUT2D eigenvalue weighted by molar-refractivity contribution is 6.06. The Kier molecular flexibility index (Phi) is 2.92. The molecule has 2 aromatic heterocycles. The van der Waals surface area contributed by atoms with Crippen LogP contribution in [0.25, 0.3) is 17.0 Å². The fourth-order valence-corrected chi connectivity index (χ4v) is 2.91. The van der Waals surface area contributed by atoms with Crippen LogP contribution in [0, 0.1) is 13.8 Å². The van der Waals surface area contributed by atoms with Gasteiger partial charge in [-0.25, -0.2) is 9.50 Å². The third kappa shape index (κ3) is 1.97. The second kappa shape index (κ2) is 4.94. The molecule has 0 radical (unpaired) electrons. The third-order valence-electron chi connectivity index (χ3n) is 3.93. The summed E-state index contributed by atoms with van der Waals surface area (Å²) in [5.41, 5.74) is 5.19. The molecule has 4 rings (SSSR count). The summed E-state index contributed by atoms with van der Waals surface area (Å²) < 4.78 is 1.91. The minimum absolute atomic E-state index is 0.745. The lowest BCUT2D eigenvalue weighted by Gasteiger charge is -2.09. The van der Waals surface area contributed by atoms with Crippen molar-refractivity contribution in [1.29, 1.82) is 0 Å². The van der Waals surface area contributed by atoms with E-state index >= 15 is 0 Å². The SMILES string of the molecule is Cc1cc(C)n2nc(-c3ccccc3)nc2c1C1=NCCN1. The van der Waals surface area contributed by atoms with Gasteiger partial charge in [0.2, 0.25) is 0 Å². The van der Waals surface area contributed by atoms with Crippen molar-refractivity contribution in [1.82, 2.24) is 19.9 Å². The number of nitrogens with one attached hydrogen (secondary N) is 1. The Morgan fingerprint density at radius 1 is 1.14 bits per heavy atom. The predicted molar refractivity (Wildman–Crippen MR) is 87.3 cm³/mol. The largest absolute Gasteiger partial charge is 0.368 e. The third-order valence-corrected chi connectivity index (χ3v) is 3.93. The Bertz CT molecular complexity index is 877. The van der Waals surface area contributed by atoms with Crippen LogP contribution in [0.5, 0.6) is 0 Å². The lowest BCUT2D eigenvalue weighted by molar-refractivity contribution is 0.911. The zero-order valence-corrected chi connectivity index (χ0v) is 12.7. The van der Waals surface area contributed by atoms with Gasteiger partial charge in [-0.1, -0.05) is 30.3 Å². The quantitative estimate of drug-likeness (QED) is 0.788. The summed E-state index contributed by atoms with van der Waals surface area (Å²) in [6.45, 7) is 5.85. The Labute approximate surface area is 128 Å². The molecule has 1 aromatic carbocycles. The zero-order valence-electron chi connectivity index (χ0n) is 12.7. The molecule has 110 valence electrons. The van der Waals surface area contributed by atoms with Crippen LogP contribution >= 0.6 is 0 Å². The van der Waals surface area contributed by atoms with Crippen molar-refractivity contribution < 1.29 is 0 Å². The van der Waals surface area contributed by atoms with Crippen LogP contribution in [0.3, 0.4) is 0 Å². The molecule has 0 fully saturated rings. The van der Waals surface area contributed by atoms with Crippen molar-refractivity contribution in [3.8, 4) is 11.4 Å². The molecule has 5 heteroatoms. The lowest BCUT2D eigenvalue weighted by atomic mass is 10.1. The molecule has 5 nitrogen and oxygen atoms in total. The molecule has 0 aliphatic carbocycles. The van der Waals surface area contributed by atoms with E-state index in [9.17, 15) is 0 Å². The van der Waals surface area contributed by atoms with Gasteiger partial charge in [0.1, 0.15) is 5.84 Å². The summed E-state index contributed by atoms with van der Waals surface area (Å²) in [5.74, 6) is 1.67. The molecule has 1 aliphatic heterocycles. The number of hydrogen-bond donors (Lipinski definition) is 1. The van der Waals surface area contributed by atoms with Crippen molar-refractivity contribution in [3.05, 3.63) is 53.2 Å². The molecule has 0 unspecified atom stereocenters. The van der Waals surface area contributed by atoms with Gasteiger partial charge in [-0.2, -0.15) is 0 Å². The van der Waals surface area contributed by atoms with E-state index in [0.29, 0.717) is 0 Å². The van der Waals surface area contributed by atoms with E-state index in [1.165, 1.54) is 5.56 Å². The maximum atomic E-state index is 4.78. The number of nitrogens with zero attached hydrogens (tertiary/aromatic N) is 4. The van der Waals surface area contributed by atoms with E-state index in [1.807, 2.05) is 34.8 Å². The molecule has 1 aliphatic rings. The first-order valence-electron chi connectivity index (χ1n) is 7.45. The molecule has 0 amide bonds. The van der Waals surface area contributed by atoms with Gasteiger partial charge in [-0.3, -0.25) is 4.99 Å². The predicted octanol–water partition coefficient (Wildman–Crippen LogP) is 2.36. The number of rotatable bonds is 2. The summed E-state index contributed by atoms with van der Waals surface area (Å²) in [6.07, 6.45) is 0. The number of aromatic nitrogens is 3. The van der Waals surface area contributed by atoms with Crippen LogP contribution in [-0.2, 0) is 0 Å². The van der Waals surface area contributed by atoms with Crippen LogP contribution in [0.4, 0.5) is 0 Å². The second-order valence-electron chi connectivity index (χ2n) is 5.54. The first kappa shape index (κ1) is 13.0. The molecule has 0 saturated heterocycles. The highest BCUT2D eigenvalue weighted by Gasteiger charge is 2.19. The molecule has 0 bridgehead atoms. The molecule has 3 heterocycles. The monoisotopic (exact) mass is 291 g/mol. The summed E-state index contributed by atoms with van der Waals surface area (Å²) in [7, 11) is 0. The summed E-state index contributed by atoms with van der Waals surface area (Å²) in [5, 5.41) is 8.02. The van der Waals surface area contributed by atoms with E-state index < -0.39 is 0 Å². The van der Waals surface area contributed by atoms with E-state index in [-0.39, 0.29) is 0 Å². The van der Waals surface area contributed by atoms with Crippen LogP contribution in [-0.4, -0.2) is 33.5 Å². The number of amidine groups is 1. The summed E-state index contributed by atoms with van der Waals surface area (Å²) in [6, 6.07) is 12.2. The average molecular weight is 291 g/mol. The van der Waals surface area contributed by atoms with Gasteiger partial charge >= 0.3 is 0 Å². The van der Waals surface area contributed by atoms with Gasteiger partial charge in [-0.05, 0) is 25.5 Å². The first-order chi connectivity index (χ1) is 10.7. The number of hydrogen-bond acceptors (Lipinski definition) is 4. The normalized spacial score (nSPS) is 14.2. The number of aliphatic imine (C=N–C) groups is 1. The van der Waals surface area contributed by atoms with E-state index in [1.54, 1.807) is 0 Å². The Balaban J connectivity index is 1.98. The van der Waals surface area contributed by atoms with Crippen molar-refractivity contribution >= 4 is 11.5 Å². The average Bonchev–Trinajstić information content (AvgIpc) is 3.18. The van der Waals surface area contributed by atoms with E-state index in [2.05, 4.69) is 35.3 Å². The van der Waals surface area contributed by atoms with Crippen molar-refractivity contribution in [2.45, 2.75) is 13.8 Å². The molecule has 0 atom stereocenters. The molecule has 3 aromatic rings. The molecule has 22 heavy (non-hydrogen) atoms. The van der Waals surface area contributed by atoms with Gasteiger partial charge in [-0.15, -0.1) is 5.10 Å².